The molecule has 0 fully saturated rings. The van der Waals surface area contributed by atoms with Crippen LogP contribution in [0.5, 0.6) is 0 Å². The molecule has 11 heavy (non-hydrogen) atoms. The highest BCUT2D eigenvalue weighted by Crippen LogP contribution is 2.11. The van der Waals surface area contributed by atoms with Crippen LogP contribution in [0.25, 0.3) is 0 Å². The van der Waals surface area contributed by atoms with Crippen molar-refractivity contribution >= 4 is 0 Å². The second-order valence-electron chi connectivity index (χ2n) is 1.79. The van der Waals surface area contributed by atoms with E-state index in [9.17, 15) is 10.1 Å². The van der Waals surface area contributed by atoms with Gasteiger partial charge in [-0.3, -0.25) is 10.1 Å². The fraction of sp³-hybridized carbons (Fsp3) is 1.00. The summed E-state index contributed by atoms with van der Waals surface area (Å²) in [4.78, 5) is 9.48. The predicted octanol–water partition coefficient (Wildman–Crippen LogP) is -0.144. The van der Waals surface area contributed by atoms with Gasteiger partial charge in [0.1, 0.15) is 0 Å². The third-order valence-electron chi connectivity index (χ3n) is 1.26. The van der Waals surface area contributed by atoms with Crippen molar-refractivity contribution in [1.29, 1.82) is 0 Å². The molecule has 0 aliphatic rings. The molecule has 0 radical (unpaired) electrons. The number of hydrogen-bond donors (Lipinski definition) is 0. The summed E-state index contributed by atoms with van der Waals surface area (Å²) in [6.45, 7) is -0.545. The molecule has 0 spiro atoms. The molecule has 0 aromatic carbocycles. The van der Waals surface area contributed by atoms with Crippen LogP contribution in [-0.2, 0) is 14.2 Å². The lowest BCUT2D eigenvalue weighted by molar-refractivity contribution is -0.550. The third-order valence-corrected chi connectivity index (χ3v) is 1.26. The highest BCUT2D eigenvalue weighted by Gasteiger charge is 2.36. The van der Waals surface area contributed by atoms with Crippen molar-refractivity contribution < 1.29 is 19.1 Å². The largest absolute Gasteiger partial charge is 0.351 e. The summed E-state index contributed by atoms with van der Waals surface area (Å²) in [5, 5.41) is 10.1. The van der Waals surface area contributed by atoms with Crippen LogP contribution in [0, 0.1) is 10.1 Å². The van der Waals surface area contributed by atoms with E-state index >= 15 is 0 Å². The average molecular weight is 165 g/mol. The van der Waals surface area contributed by atoms with E-state index in [1.807, 2.05) is 0 Å². The van der Waals surface area contributed by atoms with Crippen molar-refractivity contribution in [1.82, 2.24) is 0 Å². The number of methoxy groups -OCH3 is 3. The lowest BCUT2D eigenvalue weighted by atomic mass is 10.5. The monoisotopic (exact) mass is 165 g/mol. The van der Waals surface area contributed by atoms with Crippen LogP contribution in [0.4, 0.5) is 0 Å². The summed E-state index contributed by atoms with van der Waals surface area (Å²) in [7, 11) is 3.82. The molecule has 0 bridgehead atoms. The minimum atomic E-state index is -1.55. The van der Waals surface area contributed by atoms with Gasteiger partial charge in [0.2, 0.25) is 0 Å². The van der Waals surface area contributed by atoms with Crippen molar-refractivity contribution in [3.8, 4) is 0 Å². The Labute approximate surface area is 64.2 Å². The minimum Gasteiger partial charge on any atom is -0.326 e. The Morgan fingerprint density at radius 3 is 1.73 bits per heavy atom. The first-order chi connectivity index (χ1) is 5.10. The minimum absolute atomic E-state index is 0.545. The van der Waals surface area contributed by atoms with Crippen LogP contribution in [-0.4, -0.2) is 38.8 Å². The maximum Gasteiger partial charge on any atom is 0.351 e. The van der Waals surface area contributed by atoms with Gasteiger partial charge in [-0.15, -0.1) is 0 Å². The van der Waals surface area contributed by atoms with Crippen molar-refractivity contribution in [3.05, 3.63) is 10.1 Å². The first-order valence-corrected chi connectivity index (χ1v) is 2.87. The number of nitrogens with zero attached hydrogens (tertiary/aromatic N) is 1. The van der Waals surface area contributed by atoms with Crippen LogP contribution in [0.2, 0.25) is 0 Å². The van der Waals surface area contributed by atoms with Crippen LogP contribution >= 0.6 is 0 Å². The lowest BCUT2D eigenvalue weighted by Crippen LogP contribution is -2.42. The van der Waals surface area contributed by atoms with Crippen LogP contribution in [0.3, 0.4) is 0 Å². The zero-order valence-corrected chi connectivity index (χ0v) is 6.70. The Hall–Kier alpha value is -0.720. The van der Waals surface area contributed by atoms with E-state index in [-0.39, 0.29) is 0 Å². The van der Waals surface area contributed by atoms with Gasteiger partial charge in [-0.1, -0.05) is 0 Å². The smallest absolute Gasteiger partial charge is 0.326 e. The quantitative estimate of drug-likeness (QED) is 0.322. The van der Waals surface area contributed by atoms with E-state index in [1.165, 1.54) is 21.3 Å². The zero-order chi connectivity index (χ0) is 8.91. The van der Waals surface area contributed by atoms with Gasteiger partial charge in [0.25, 0.3) is 6.54 Å². The van der Waals surface area contributed by atoms with Crippen LogP contribution in [0.15, 0.2) is 0 Å². The highest BCUT2D eigenvalue weighted by molar-refractivity contribution is 4.50. The first-order valence-electron chi connectivity index (χ1n) is 2.87. The van der Waals surface area contributed by atoms with Crippen molar-refractivity contribution in [2.24, 2.45) is 0 Å². The van der Waals surface area contributed by atoms with Crippen molar-refractivity contribution in [2.45, 2.75) is 5.97 Å². The van der Waals surface area contributed by atoms with Gasteiger partial charge in [0.05, 0.1) is 0 Å². The molecule has 0 aliphatic carbocycles. The highest BCUT2D eigenvalue weighted by atomic mass is 16.9. The molecule has 6 nitrogen and oxygen atoms in total. The first kappa shape index (κ1) is 10.3. The Kier molecular flexibility index (Phi) is 3.94. The Morgan fingerprint density at radius 1 is 1.27 bits per heavy atom. The number of hydrogen-bond acceptors (Lipinski definition) is 5. The summed E-state index contributed by atoms with van der Waals surface area (Å²) in [5.41, 5.74) is 0. The van der Waals surface area contributed by atoms with E-state index in [2.05, 4.69) is 14.2 Å². The van der Waals surface area contributed by atoms with Gasteiger partial charge in [-0.25, -0.2) is 0 Å². The molecule has 0 rings (SSSR count). The van der Waals surface area contributed by atoms with Crippen LogP contribution < -0.4 is 0 Å². The van der Waals surface area contributed by atoms with Crippen molar-refractivity contribution in [2.75, 3.05) is 27.9 Å². The molecule has 0 aliphatic heterocycles. The third kappa shape index (κ3) is 2.79. The molecular formula is C5H11NO5. The van der Waals surface area contributed by atoms with Gasteiger partial charge >= 0.3 is 5.97 Å². The summed E-state index contributed by atoms with van der Waals surface area (Å²) >= 11 is 0. The molecule has 0 heterocycles. The van der Waals surface area contributed by atoms with Crippen LogP contribution in [0.1, 0.15) is 0 Å². The molecule has 0 saturated heterocycles. The molecule has 0 aromatic heterocycles. The molecule has 0 unspecified atom stereocenters. The molecule has 66 valence electrons. The SMILES string of the molecule is COC(C[N+](=O)[O-])(OC)OC. The van der Waals surface area contributed by atoms with Gasteiger partial charge in [0, 0.05) is 26.3 Å². The standard InChI is InChI=1S/C5H11NO5/c1-9-5(10-2,11-3)4-6(7)8/h4H2,1-3H3. The molecule has 0 aromatic rings. The predicted molar refractivity (Wildman–Crippen MR) is 35.6 cm³/mol. The maximum atomic E-state index is 10.1. The fourth-order valence-corrected chi connectivity index (χ4v) is 0.602. The van der Waals surface area contributed by atoms with E-state index in [1.54, 1.807) is 0 Å². The molecule has 0 N–H and O–H groups in total. The van der Waals surface area contributed by atoms with Gasteiger partial charge in [-0.2, -0.15) is 0 Å². The van der Waals surface area contributed by atoms with E-state index < -0.39 is 17.4 Å². The molecule has 0 atom stereocenters. The molecule has 6 heteroatoms. The van der Waals surface area contributed by atoms with Gasteiger partial charge < -0.3 is 14.2 Å². The maximum absolute atomic E-state index is 10.1. The summed E-state index contributed by atoms with van der Waals surface area (Å²) in [6, 6.07) is 0. The second-order valence-corrected chi connectivity index (χ2v) is 1.79. The van der Waals surface area contributed by atoms with E-state index in [0.717, 1.165) is 0 Å². The summed E-state index contributed by atoms with van der Waals surface area (Å²) in [5.74, 6) is -1.55. The number of nitro groups is 1. The molecule has 0 saturated carbocycles. The average Bonchev–Trinajstić information content (AvgIpc) is 2.00. The van der Waals surface area contributed by atoms with E-state index in [4.69, 9.17) is 0 Å². The summed E-state index contributed by atoms with van der Waals surface area (Å²) in [6.07, 6.45) is 0. The summed E-state index contributed by atoms with van der Waals surface area (Å²) < 4.78 is 14.0. The molecular weight excluding hydrogens is 154 g/mol. The lowest BCUT2D eigenvalue weighted by Gasteiger charge is -2.23. The fourth-order valence-electron chi connectivity index (χ4n) is 0.602. The topological polar surface area (TPSA) is 70.8 Å². The second kappa shape index (κ2) is 4.22. The number of rotatable bonds is 5. The van der Waals surface area contributed by atoms with Crippen molar-refractivity contribution in [3.63, 3.8) is 0 Å². The Morgan fingerprint density at radius 2 is 1.64 bits per heavy atom. The van der Waals surface area contributed by atoms with E-state index in [0.29, 0.717) is 0 Å². The molecule has 0 amide bonds. The van der Waals surface area contributed by atoms with Gasteiger partial charge in [0.15, 0.2) is 0 Å². The van der Waals surface area contributed by atoms with Gasteiger partial charge in [-0.05, 0) is 0 Å². The number of ether oxygens (including phenoxy) is 3. The Balaban J connectivity index is 4.16. The normalized spacial score (nSPS) is 11.5. The Bertz CT molecular complexity index is 125. The zero-order valence-electron chi connectivity index (χ0n) is 6.70.